The molecule has 4 atom stereocenters. The smallest absolute Gasteiger partial charge is 0.326 e. The molecule has 178 valence electrons. The fourth-order valence-corrected chi connectivity index (χ4v) is 3.63. The van der Waals surface area contributed by atoms with E-state index < -0.39 is 35.9 Å². The Morgan fingerprint density at radius 1 is 1.06 bits per heavy atom. The topological polar surface area (TPSA) is 163 Å². The van der Waals surface area contributed by atoms with Crippen molar-refractivity contribution >= 4 is 36.3 Å². The molecule has 1 fully saturated rings. The van der Waals surface area contributed by atoms with Gasteiger partial charge in [0.15, 0.2) is 0 Å². The van der Waals surface area contributed by atoms with E-state index in [-0.39, 0.29) is 30.0 Å². The number of nitrogens with two attached hydrogens (primary N) is 1. The maximum Gasteiger partial charge on any atom is 0.326 e. The Kier molecular flexibility index (Phi) is 12.5. The number of carbonyl (C=O) groups is 4. The van der Waals surface area contributed by atoms with E-state index in [1.807, 2.05) is 13.8 Å². The van der Waals surface area contributed by atoms with Crippen molar-refractivity contribution < 1.29 is 24.3 Å². The number of hydrogen-bond acceptors (Lipinski definition) is 7. The lowest BCUT2D eigenvalue weighted by atomic mass is 10.0. The highest BCUT2D eigenvalue weighted by atomic mass is 32.1. The second-order valence-electron chi connectivity index (χ2n) is 8.27. The first-order chi connectivity index (χ1) is 14.7. The molecule has 31 heavy (non-hydrogen) atoms. The molecule has 7 N–H and O–H groups in total. The molecule has 1 aliphatic heterocycles. The van der Waals surface area contributed by atoms with Crippen LogP contribution in [0.4, 0.5) is 0 Å². The highest BCUT2D eigenvalue weighted by Gasteiger charge is 2.31. The van der Waals surface area contributed by atoms with Gasteiger partial charge in [0.05, 0.1) is 6.04 Å². The van der Waals surface area contributed by atoms with Crippen LogP contribution in [0.2, 0.25) is 0 Å². The van der Waals surface area contributed by atoms with Gasteiger partial charge in [0.25, 0.3) is 0 Å². The SMILES string of the molecule is CC(C)CC(NC(=O)C1CCCN1)C(=O)NC(CS)C(=O)NC(CCCCN)C(=O)O. The maximum atomic E-state index is 12.8. The van der Waals surface area contributed by atoms with Crippen molar-refractivity contribution in [3.05, 3.63) is 0 Å². The number of nitrogens with one attached hydrogen (secondary N) is 4. The summed E-state index contributed by atoms with van der Waals surface area (Å²) in [6.07, 6.45) is 3.47. The van der Waals surface area contributed by atoms with Crippen LogP contribution < -0.4 is 27.0 Å². The van der Waals surface area contributed by atoms with Crippen molar-refractivity contribution in [3.63, 3.8) is 0 Å². The minimum Gasteiger partial charge on any atom is -0.480 e. The molecule has 11 heteroatoms. The first-order valence-electron chi connectivity index (χ1n) is 10.9. The maximum absolute atomic E-state index is 12.8. The average Bonchev–Trinajstić information content (AvgIpc) is 3.25. The van der Waals surface area contributed by atoms with Gasteiger partial charge in [-0.2, -0.15) is 12.6 Å². The summed E-state index contributed by atoms with van der Waals surface area (Å²) in [6, 6.07) is -3.22. The van der Waals surface area contributed by atoms with Crippen LogP contribution in [0.25, 0.3) is 0 Å². The third kappa shape index (κ3) is 9.88. The largest absolute Gasteiger partial charge is 0.480 e. The minimum absolute atomic E-state index is 0.0146. The number of carbonyl (C=O) groups excluding carboxylic acids is 3. The molecule has 1 aliphatic rings. The lowest BCUT2D eigenvalue weighted by Gasteiger charge is -2.25. The van der Waals surface area contributed by atoms with Crippen molar-refractivity contribution in [2.75, 3.05) is 18.8 Å². The summed E-state index contributed by atoms with van der Waals surface area (Å²) in [5.41, 5.74) is 5.43. The predicted octanol–water partition coefficient (Wildman–Crippen LogP) is -0.618. The molecule has 0 aromatic heterocycles. The number of carboxylic acids is 1. The summed E-state index contributed by atoms with van der Waals surface area (Å²) in [4.78, 5) is 49.3. The zero-order chi connectivity index (χ0) is 23.4. The van der Waals surface area contributed by atoms with Crippen LogP contribution >= 0.6 is 12.6 Å². The van der Waals surface area contributed by atoms with Gasteiger partial charge in [0, 0.05) is 5.75 Å². The van der Waals surface area contributed by atoms with E-state index in [4.69, 9.17) is 5.73 Å². The van der Waals surface area contributed by atoms with Crippen molar-refractivity contribution in [1.29, 1.82) is 0 Å². The zero-order valence-corrected chi connectivity index (χ0v) is 19.2. The standard InChI is InChI=1S/C20H37N5O5S/c1-12(2)10-15(24-17(26)13-7-5-9-22-13)18(27)25-16(11-31)19(28)23-14(20(29)30)6-3-4-8-21/h12-16,22,31H,3-11,21H2,1-2H3,(H,23,28)(H,24,26)(H,25,27)(H,29,30). The molecular weight excluding hydrogens is 422 g/mol. The summed E-state index contributed by atoms with van der Waals surface area (Å²) < 4.78 is 0. The van der Waals surface area contributed by atoms with Gasteiger partial charge in [0.1, 0.15) is 18.1 Å². The monoisotopic (exact) mass is 459 g/mol. The number of aliphatic carboxylic acids is 1. The summed E-state index contributed by atoms with van der Waals surface area (Å²) in [6.45, 7) is 5.07. The van der Waals surface area contributed by atoms with Crippen LogP contribution in [0.1, 0.15) is 52.4 Å². The van der Waals surface area contributed by atoms with Crippen LogP contribution in [0.3, 0.4) is 0 Å². The summed E-state index contributed by atoms with van der Waals surface area (Å²) >= 11 is 4.13. The molecule has 1 rings (SSSR count). The Labute approximate surface area is 189 Å². The van der Waals surface area contributed by atoms with Crippen LogP contribution in [-0.4, -0.2) is 71.8 Å². The molecule has 0 saturated carbocycles. The number of hydrogen-bond donors (Lipinski definition) is 7. The van der Waals surface area contributed by atoms with Gasteiger partial charge in [-0.05, 0) is 57.5 Å². The third-order valence-corrected chi connectivity index (χ3v) is 5.46. The van der Waals surface area contributed by atoms with Gasteiger partial charge in [-0.25, -0.2) is 4.79 Å². The van der Waals surface area contributed by atoms with Crippen molar-refractivity contribution in [1.82, 2.24) is 21.3 Å². The number of amides is 3. The van der Waals surface area contributed by atoms with E-state index in [1.165, 1.54) is 0 Å². The fraction of sp³-hybridized carbons (Fsp3) is 0.800. The van der Waals surface area contributed by atoms with Crippen molar-refractivity contribution in [2.24, 2.45) is 11.7 Å². The van der Waals surface area contributed by atoms with Gasteiger partial charge < -0.3 is 32.1 Å². The Bertz CT molecular complexity index is 613. The Balaban J connectivity index is 2.74. The van der Waals surface area contributed by atoms with Crippen LogP contribution in [0.5, 0.6) is 0 Å². The molecule has 3 amide bonds. The van der Waals surface area contributed by atoms with E-state index in [2.05, 4.69) is 33.9 Å². The van der Waals surface area contributed by atoms with Crippen LogP contribution in [0, 0.1) is 5.92 Å². The van der Waals surface area contributed by atoms with E-state index in [9.17, 15) is 24.3 Å². The summed E-state index contributed by atoms with van der Waals surface area (Å²) in [7, 11) is 0. The van der Waals surface area contributed by atoms with Crippen LogP contribution in [0.15, 0.2) is 0 Å². The molecule has 10 nitrogen and oxygen atoms in total. The number of carboxylic acid groups (broad SMARTS) is 1. The van der Waals surface area contributed by atoms with Gasteiger partial charge >= 0.3 is 5.97 Å². The predicted molar refractivity (Wildman–Crippen MR) is 121 cm³/mol. The van der Waals surface area contributed by atoms with Gasteiger partial charge in [0.2, 0.25) is 17.7 Å². The summed E-state index contributed by atoms with van der Waals surface area (Å²) in [5, 5.41) is 20.3. The van der Waals surface area contributed by atoms with Gasteiger partial charge in [-0.3, -0.25) is 14.4 Å². The van der Waals surface area contributed by atoms with Gasteiger partial charge in [-0.15, -0.1) is 0 Å². The molecule has 0 aromatic carbocycles. The van der Waals surface area contributed by atoms with Gasteiger partial charge in [-0.1, -0.05) is 13.8 Å². The molecule has 0 aliphatic carbocycles. The van der Waals surface area contributed by atoms with E-state index in [1.54, 1.807) is 0 Å². The highest BCUT2D eigenvalue weighted by Crippen LogP contribution is 2.09. The second-order valence-corrected chi connectivity index (χ2v) is 8.63. The summed E-state index contributed by atoms with van der Waals surface area (Å²) in [5.74, 6) is -2.39. The number of unbranched alkanes of at least 4 members (excludes halogenated alkanes) is 1. The van der Waals surface area contributed by atoms with E-state index in [0.717, 1.165) is 13.0 Å². The molecule has 1 saturated heterocycles. The quantitative estimate of drug-likeness (QED) is 0.134. The molecular formula is C20H37N5O5S. The Morgan fingerprint density at radius 2 is 1.71 bits per heavy atom. The average molecular weight is 460 g/mol. The molecule has 1 heterocycles. The number of rotatable bonds is 14. The lowest BCUT2D eigenvalue weighted by Crippen LogP contribution is -2.57. The first kappa shape index (κ1) is 27.2. The molecule has 0 spiro atoms. The lowest BCUT2D eigenvalue weighted by molar-refractivity contribution is -0.142. The van der Waals surface area contributed by atoms with Crippen LogP contribution in [-0.2, 0) is 19.2 Å². The van der Waals surface area contributed by atoms with E-state index >= 15 is 0 Å². The second kappa shape index (κ2) is 14.3. The normalized spacial score (nSPS) is 18.8. The Hall–Kier alpha value is -1.85. The third-order valence-electron chi connectivity index (χ3n) is 5.09. The zero-order valence-electron chi connectivity index (χ0n) is 18.4. The minimum atomic E-state index is -1.15. The molecule has 4 unspecified atom stereocenters. The number of thiol groups is 1. The van der Waals surface area contributed by atoms with E-state index in [0.29, 0.717) is 32.2 Å². The molecule has 0 radical (unpaired) electrons. The molecule has 0 bridgehead atoms. The fourth-order valence-electron chi connectivity index (χ4n) is 3.37. The Morgan fingerprint density at radius 3 is 2.23 bits per heavy atom. The van der Waals surface area contributed by atoms with Crippen molar-refractivity contribution in [2.45, 2.75) is 76.5 Å². The highest BCUT2D eigenvalue weighted by molar-refractivity contribution is 7.80. The first-order valence-corrected chi connectivity index (χ1v) is 11.5. The molecule has 0 aromatic rings. The van der Waals surface area contributed by atoms with Crippen molar-refractivity contribution in [3.8, 4) is 0 Å².